The molecule has 5 heteroatoms. The highest BCUT2D eigenvalue weighted by molar-refractivity contribution is 5.44. The fraction of sp³-hybridized carbons (Fsp3) is 0.0870. The van der Waals surface area contributed by atoms with Crippen LogP contribution in [-0.4, -0.2) is 15.0 Å². The van der Waals surface area contributed by atoms with Crippen LogP contribution >= 0.6 is 0 Å². The van der Waals surface area contributed by atoms with Crippen molar-refractivity contribution in [1.29, 1.82) is 0 Å². The average molecular weight is 370 g/mol. The molecule has 0 aliphatic rings. The van der Waals surface area contributed by atoms with Gasteiger partial charge in [0.1, 0.15) is 11.6 Å². The van der Waals surface area contributed by atoms with Crippen molar-refractivity contribution in [2.45, 2.75) is 11.8 Å². The zero-order valence-electron chi connectivity index (χ0n) is 15.1. The second kappa shape index (κ2) is 7.96. The predicted octanol–water partition coefficient (Wildman–Crippen LogP) is 4.56. The molecule has 1 atom stereocenters. The average Bonchev–Trinajstić information content (AvgIpc) is 2.75. The first-order valence-electron chi connectivity index (χ1n) is 8.99. The smallest absolute Gasteiger partial charge is 0.123 e. The second-order valence-corrected chi connectivity index (χ2v) is 6.60. The van der Waals surface area contributed by atoms with E-state index in [0.717, 1.165) is 22.3 Å². The van der Waals surface area contributed by atoms with Gasteiger partial charge in [0.25, 0.3) is 0 Å². The van der Waals surface area contributed by atoms with E-state index >= 15 is 0 Å². The van der Waals surface area contributed by atoms with Gasteiger partial charge >= 0.3 is 0 Å². The van der Waals surface area contributed by atoms with E-state index in [2.05, 4.69) is 15.0 Å². The number of hydrogen-bond donors (Lipinski definition) is 1. The number of anilines is 1. The molecule has 0 fully saturated rings. The Morgan fingerprint density at radius 2 is 1.18 bits per heavy atom. The van der Waals surface area contributed by atoms with E-state index in [1.54, 1.807) is 24.7 Å². The van der Waals surface area contributed by atoms with Crippen molar-refractivity contribution < 1.29 is 4.39 Å². The van der Waals surface area contributed by atoms with Crippen molar-refractivity contribution in [1.82, 2.24) is 15.0 Å². The lowest BCUT2D eigenvalue weighted by atomic mass is 9.75. The van der Waals surface area contributed by atoms with Crippen molar-refractivity contribution in [3.63, 3.8) is 0 Å². The summed E-state index contributed by atoms with van der Waals surface area (Å²) in [6.07, 6.45) is 9.00. The lowest BCUT2D eigenvalue weighted by Gasteiger charge is -2.28. The van der Waals surface area contributed by atoms with Gasteiger partial charge in [0.15, 0.2) is 0 Å². The van der Waals surface area contributed by atoms with Gasteiger partial charge < -0.3 is 5.73 Å². The topological polar surface area (TPSA) is 64.7 Å². The first-order valence-corrected chi connectivity index (χ1v) is 8.99. The van der Waals surface area contributed by atoms with Crippen molar-refractivity contribution in [3.8, 4) is 0 Å². The molecule has 3 heterocycles. The third-order valence-corrected chi connectivity index (χ3v) is 4.82. The fourth-order valence-corrected chi connectivity index (χ4v) is 3.55. The van der Waals surface area contributed by atoms with Crippen molar-refractivity contribution in [3.05, 3.63) is 120 Å². The second-order valence-electron chi connectivity index (χ2n) is 6.60. The third-order valence-electron chi connectivity index (χ3n) is 4.82. The van der Waals surface area contributed by atoms with Crippen LogP contribution in [0, 0.1) is 5.82 Å². The number of pyridine rings is 3. The standard InChI is InChI=1S/C23H19FN4/c24-20-8-5-16(6-9-20)22(19-7-10-21(25)28-15-19)23(17-3-1-11-26-13-17)18-4-2-12-27-14-18/h1-15,22-23H,(H2,25,28). The SMILES string of the molecule is Nc1ccc(C(c2ccc(F)cc2)C(c2cccnc2)c2cccnc2)cn1. The van der Waals surface area contributed by atoms with E-state index < -0.39 is 0 Å². The number of nitrogens with zero attached hydrogens (tertiary/aromatic N) is 3. The summed E-state index contributed by atoms with van der Waals surface area (Å²) in [7, 11) is 0. The van der Waals surface area contributed by atoms with Gasteiger partial charge in [0, 0.05) is 42.8 Å². The molecule has 0 saturated heterocycles. The van der Waals surface area contributed by atoms with Crippen molar-refractivity contribution >= 4 is 5.82 Å². The maximum Gasteiger partial charge on any atom is 0.123 e. The molecule has 138 valence electrons. The molecule has 0 radical (unpaired) electrons. The van der Waals surface area contributed by atoms with E-state index in [9.17, 15) is 4.39 Å². The molecule has 28 heavy (non-hydrogen) atoms. The minimum Gasteiger partial charge on any atom is -0.384 e. The lowest BCUT2D eigenvalue weighted by Crippen LogP contribution is -2.15. The van der Waals surface area contributed by atoms with Crippen LogP contribution in [0.25, 0.3) is 0 Å². The Labute approximate surface area is 162 Å². The maximum absolute atomic E-state index is 13.6. The molecule has 4 aromatic rings. The van der Waals surface area contributed by atoms with Crippen LogP contribution in [0.1, 0.15) is 34.1 Å². The van der Waals surface area contributed by atoms with Gasteiger partial charge in [-0.15, -0.1) is 0 Å². The molecule has 4 nitrogen and oxygen atoms in total. The molecule has 0 bridgehead atoms. The first-order chi connectivity index (χ1) is 13.7. The van der Waals surface area contributed by atoms with Crippen LogP contribution in [0.2, 0.25) is 0 Å². The molecule has 2 N–H and O–H groups in total. The first kappa shape index (κ1) is 17.8. The number of halogens is 1. The Morgan fingerprint density at radius 1 is 0.643 bits per heavy atom. The van der Waals surface area contributed by atoms with Crippen LogP contribution in [0.3, 0.4) is 0 Å². The Bertz CT molecular complexity index is 935. The zero-order valence-corrected chi connectivity index (χ0v) is 15.1. The van der Waals surface area contributed by atoms with E-state index in [1.807, 2.05) is 54.9 Å². The third kappa shape index (κ3) is 3.74. The van der Waals surface area contributed by atoms with E-state index in [-0.39, 0.29) is 17.7 Å². The summed E-state index contributed by atoms with van der Waals surface area (Å²) in [6, 6.07) is 18.3. The highest BCUT2D eigenvalue weighted by Crippen LogP contribution is 2.42. The Morgan fingerprint density at radius 3 is 1.68 bits per heavy atom. The summed E-state index contributed by atoms with van der Waals surface area (Å²) in [5, 5.41) is 0. The molecular formula is C23H19FN4. The number of rotatable bonds is 5. The van der Waals surface area contributed by atoms with E-state index in [0.29, 0.717) is 5.82 Å². The molecule has 0 spiro atoms. The molecule has 1 unspecified atom stereocenters. The van der Waals surface area contributed by atoms with Crippen LogP contribution in [0.4, 0.5) is 10.2 Å². The summed E-state index contributed by atoms with van der Waals surface area (Å²) in [5.74, 6) is 0.0125. The summed E-state index contributed by atoms with van der Waals surface area (Å²) in [6.45, 7) is 0. The van der Waals surface area contributed by atoms with Crippen molar-refractivity contribution in [2.75, 3.05) is 5.73 Å². The molecule has 1 aromatic carbocycles. The number of nitrogens with two attached hydrogens (primary N) is 1. The Kier molecular flexibility index (Phi) is 5.06. The highest BCUT2D eigenvalue weighted by atomic mass is 19.1. The minimum atomic E-state index is -0.266. The van der Waals surface area contributed by atoms with E-state index in [1.165, 1.54) is 12.1 Å². The van der Waals surface area contributed by atoms with Gasteiger partial charge in [-0.2, -0.15) is 0 Å². The Hall–Kier alpha value is -3.60. The van der Waals surface area contributed by atoms with Crippen molar-refractivity contribution in [2.24, 2.45) is 0 Å². The van der Waals surface area contributed by atoms with Gasteiger partial charge in [-0.25, -0.2) is 9.37 Å². The molecule has 0 aliphatic heterocycles. The fourth-order valence-electron chi connectivity index (χ4n) is 3.55. The molecule has 0 aliphatic carbocycles. The van der Waals surface area contributed by atoms with E-state index in [4.69, 9.17) is 5.73 Å². The van der Waals surface area contributed by atoms with Crippen LogP contribution in [0.5, 0.6) is 0 Å². The predicted molar refractivity (Wildman–Crippen MR) is 107 cm³/mol. The van der Waals surface area contributed by atoms with Crippen LogP contribution in [0.15, 0.2) is 91.6 Å². The largest absolute Gasteiger partial charge is 0.384 e. The maximum atomic E-state index is 13.6. The van der Waals surface area contributed by atoms with Gasteiger partial charge in [0.2, 0.25) is 0 Å². The normalized spacial score (nSPS) is 12.1. The molecule has 3 aromatic heterocycles. The minimum absolute atomic E-state index is 0.0710. The summed E-state index contributed by atoms with van der Waals surface area (Å²) >= 11 is 0. The highest BCUT2D eigenvalue weighted by Gasteiger charge is 2.29. The monoisotopic (exact) mass is 370 g/mol. The number of aromatic nitrogens is 3. The number of hydrogen-bond acceptors (Lipinski definition) is 4. The summed E-state index contributed by atoms with van der Waals surface area (Å²) < 4.78 is 13.6. The molecule has 0 saturated carbocycles. The quantitative estimate of drug-likeness (QED) is 0.559. The van der Waals surface area contributed by atoms with Crippen LogP contribution in [-0.2, 0) is 0 Å². The summed E-state index contributed by atoms with van der Waals surface area (Å²) in [5.41, 5.74) is 9.85. The lowest BCUT2D eigenvalue weighted by molar-refractivity contribution is 0.623. The van der Waals surface area contributed by atoms with Gasteiger partial charge in [-0.1, -0.05) is 30.3 Å². The zero-order chi connectivity index (χ0) is 19.3. The van der Waals surface area contributed by atoms with Crippen LogP contribution < -0.4 is 5.73 Å². The van der Waals surface area contributed by atoms with Gasteiger partial charge in [0.05, 0.1) is 0 Å². The molecule has 4 rings (SSSR count). The number of nitrogen functional groups attached to an aromatic ring is 1. The Balaban J connectivity index is 1.93. The van der Waals surface area contributed by atoms with Gasteiger partial charge in [-0.3, -0.25) is 9.97 Å². The molecule has 0 amide bonds. The van der Waals surface area contributed by atoms with Gasteiger partial charge in [-0.05, 0) is 52.6 Å². The number of benzene rings is 1. The molecular weight excluding hydrogens is 351 g/mol. The summed E-state index contributed by atoms with van der Waals surface area (Å²) in [4.78, 5) is 12.9.